The summed E-state index contributed by atoms with van der Waals surface area (Å²) in [4.78, 5) is 4.75. The van der Waals surface area contributed by atoms with E-state index in [1.54, 1.807) is 6.07 Å². The van der Waals surface area contributed by atoms with Crippen LogP contribution in [0.2, 0.25) is 0 Å². The predicted octanol–water partition coefficient (Wildman–Crippen LogP) is 4.45. The molecule has 23 heavy (non-hydrogen) atoms. The van der Waals surface area contributed by atoms with Crippen molar-refractivity contribution in [3.8, 4) is 17.0 Å². The zero-order valence-corrected chi connectivity index (χ0v) is 13.1. The number of hydrogen-bond donors (Lipinski definition) is 2. The molecule has 1 aliphatic carbocycles. The minimum absolute atomic E-state index is 0.266. The fraction of sp³-hybridized carbons (Fsp3) is 0.316. The third kappa shape index (κ3) is 2.65. The number of benzene rings is 1. The van der Waals surface area contributed by atoms with Crippen LogP contribution in [-0.4, -0.2) is 20.5 Å². The lowest BCUT2D eigenvalue weighted by molar-refractivity contribution is 0.461. The topological polar surface area (TPSA) is 49.6 Å². The van der Waals surface area contributed by atoms with Crippen LogP contribution in [-0.2, 0) is 0 Å². The number of anilines is 1. The van der Waals surface area contributed by atoms with Crippen molar-refractivity contribution in [2.45, 2.75) is 38.1 Å². The Morgan fingerprint density at radius 2 is 1.78 bits per heavy atom. The molecule has 0 bridgehead atoms. The first-order chi connectivity index (χ1) is 11.3. The van der Waals surface area contributed by atoms with Gasteiger partial charge in [0.15, 0.2) is 0 Å². The number of rotatable bonds is 3. The van der Waals surface area contributed by atoms with Crippen molar-refractivity contribution in [2.75, 3.05) is 5.32 Å². The predicted molar refractivity (Wildman–Crippen MR) is 92.8 cm³/mol. The van der Waals surface area contributed by atoms with Crippen molar-refractivity contribution in [1.29, 1.82) is 0 Å². The van der Waals surface area contributed by atoms with E-state index < -0.39 is 0 Å². The van der Waals surface area contributed by atoms with E-state index in [4.69, 9.17) is 4.98 Å². The molecule has 118 valence electrons. The Balaban J connectivity index is 1.83. The average molecular weight is 307 g/mol. The van der Waals surface area contributed by atoms with E-state index in [1.807, 2.05) is 42.6 Å². The molecule has 0 atom stereocenters. The molecule has 1 fully saturated rings. The van der Waals surface area contributed by atoms with Crippen LogP contribution in [0.15, 0.2) is 48.7 Å². The molecule has 0 aliphatic heterocycles. The largest absolute Gasteiger partial charge is 0.507 e. The summed E-state index contributed by atoms with van der Waals surface area (Å²) < 4.78 is 2.08. The molecule has 2 N–H and O–H groups in total. The second-order valence-corrected chi connectivity index (χ2v) is 6.23. The highest BCUT2D eigenvalue weighted by Crippen LogP contribution is 2.35. The van der Waals surface area contributed by atoms with Crippen LogP contribution in [0, 0.1) is 0 Å². The Kier molecular flexibility index (Phi) is 3.66. The molecule has 3 aromatic rings. The van der Waals surface area contributed by atoms with Crippen LogP contribution >= 0.6 is 0 Å². The molecule has 4 heteroatoms. The van der Waals surface area contributed by atoms with Gasteiger partial charge in [-0.2, -0.15) is 0 Å². The SMILES string of the molecule is Oc1ccccc1-c1nc2ccccn2c1NC1CCCCC1. The van der Waals surface area contributed by atoms with E-state index in [-0.39, 0.29) is 5.75 Å². The van der Waals surface area contributed by atoms with Crippen LogP contribution < -0.4 is 5.32 Å². The van der Waals surface area contributed by atoms with Crippen LogP contribution in [0.25, 0.3) is 16.9 Å². The number of para-hydroxylation sites is 1. The highest BCUT2D eigenvalue weighted by molar-refractivity contribution is 5.80. The second kappa shape index (κ2) is 5.95. The van der Waals surface area contributed by atoms with E-state index in [9.17, 15) is 5.11 Å². The maximum atomic E-state index is 10.2. The molecule has 2 heterocycles. The molecule has 1 aliphatic rings. The summed E-state index contributed by atoms with van der Waals surface area (Å²) in [5.74, 6) is 1.25. The molecular weight excluding hydrogens is 286 g/mol. The average Bonchev–Trinajstić information content (AvgIpc) is 2.95. The summed E-state index contributed by atoms with van der Waals surface area (Å²) >= 11 is 0. The Bertz CT molecular complexity index is 818. The molecule has 2 aromatic heterocycles. The number of hydrogen-bond acceptors (Lipinski definition) is 3. The van der Waals surface area contributed by atoms with Crippen LogP contribution in [0.3, 0.4) is 0 Å². The molecule has 0 radical (unpaired) electrons. The van der Waals surface area contributed by atoms with Gasteiger partial charge in [0.05, 0.1) is 0 Å². The Morgan fingerprint density at radius 3 is 2.61 bits per heavy atom. The number of nitrogens with one attached hydrogen (secondary N) is 1. The van der Waals surface area contributed by atoms with Gasteiger partial charge in [-0.15, -0.1) is 0 Å². The minimum Gasteiger partial charge on any atom is -0.507 e. The number of fused-ring (bicyclic) bond motifs is 1. The summed E-state index contributed by atoms with van der Waals surface area (Å²) in [7, 11) is 0. The Hall–Kier alpha value is -2.49. The van der Waals surface area contributed by atoms with Crippen LogP contribution in [0.4, 0.5) is 5.82 Å². The first kappa shape index (κ1) is 14.1. The third-order valence-electron chi connectivity index (χ3n) is 4.64. The second-order valence-electron chi connectivity index (χ2n) is 6.23. The summed E-state index contributed by atoms with van der Waals surface area (Å²) in [5, 5.41) is 13.9. The van der Waals surface area contributed by atoms with Crippen LogP contribution in [0.1, 0.15) is 32.1 Å². The molecule has 4 rings (SSSR count). The molecule has 0 saturated heterocycles. The third-order valence-corrected chi connectivity index (χ3v) is 4.64. The fourth-order valence-corrected chi connectivity index (χ4v) is 3.44. The Labute approximate surface area is 135 Å². The highest BCUT2D eigenvalue weighted by atomic mass is 16.3. The number of aromatic hydroxyl groups is 1. The highest BCUT2D eigenvalue weighted by Gasteiger charge is 2.20. The molecular formula is C19H21N3O. The van der Waals surface area contributed by atoms with Gasteiger partial charge in [0.25, 0.3) is 0 Å². The van der Waals surface area contributed by atoms with Gasteiger partial charge >= 0.3 is 0 Å². The van der Waals surface area contributed by atoms with Gasteiger partial charge in [-0.25, -0.2) is 4.98 Å². The normalized spacial score (nSPS) is 15.8. The van der Waals surface area contributed by atoms with E-state index in [0.29, 0.717) is 6.04 Å². The molecule has 1 saturated carbocycles. The number of aromatic nitrogens is 2. The van der Waals surface area contributed by atoms with Gasteiger partial charge in [0.1, 0.15) is 22.9 Å². The van der Waals surface area contributed by atoms with Crippen molar-refractivity contribution in [1.82, 2.24) is 9.38 Å². The van der Waals surface area contributed by atoms with Crippen molar-refractivity contribution < 1.29 is 5.11 Å². The fourth-order valence-electron chi connectivity index (χ4n) is 3.44. The van der Waals surface area contributed by atoms with Crippen molar-refractivity contribution >= 4 is 11.5 Å². The van der Waals surface area contributed by atoms with Crippen LogP contribution in [0.5, 0.6) is 5.75 Å². The lowest BCUT2D eigenvalue weighted by atomic mass is 9.95. The number of nitrogens with zero attached hydrogens (tertiary/aromatic N) is 2. The molecule has 0 spiro atoms. The van der Waals surface area contributed by atoms with Crippen molar-refractivity contribution in [3.05, 3.63) is 48.7 Å². The van der Waals surface area contributed by atoms with Gasteiger partial charge in [0, 0.05) is 17.8 Å². The summed E-state index contributed by atoms with van der Waals surface area (Å²) in [6.07, 6.45) is 8.30. The van der Waals surface area contributed by atoms with E-state index >= 15 is 0 Å². The van der Waals surface area contributed by atoms with E-state index in [2.05, 4.69) is 9.72 Å². The van der Waals surface area contributed by atoms with E-state index in [0.717, 1.165) is 22.7 Å². The smallest absolute Gasteiger partial charge is 0.139 e. The zero-order valence-electron chi connectivity index (χ0n) is 13.1. The zero-order chi connectivity index (χ0) is 15.6. The number of phenolic OH excluding ortho intramolecular Hbond substituents is 1. The van der Waals surface area contributed by atoms with Gasteiger partial charge in [0.2, 0.25) is 0 Å². The lowest BCUT2D eigenvalue weighted by Crippen LogP contribution is -2.23. The van der Waals surface area contributed by atoms with Gasteiger partial charge in [-0.05, 0) is 37.1 Å². The first-order valence-electron chi connectivity index (χ1n) is 8.35. The van der Waals surface area contributed by atoms with Crippen molar-refractivity contribution in [3.63, 3.8) is 0 Å². The maximum Gasteiger partial charge on any atom is 0.139 e. The van der Waals surface area contributed by atoms with Gasteiger partial charge in [-0.1, -0.05) is 37.5 Å². The molecule has 0 unspecified atom stereocenters. The number of pyridine rings is 1. The summed E-state index contributed by atoms with van der Waals surface area (Å²) in [6, 6.07) is 13.9. The summed E-state index contributed by atoms with van der Waals surface area (Å²) in [6.45, 7) is 0. The van der Waals surface area contributed by atoms with Crippen molar-refractivity contribution in [2.24, 2.45) is 0 Å². The quantitative estimate of drug-likeness (QED) is 0.751. The lowest BCUT2D eigenvalue weighted by Gasteiger charge is -2.24. The van der Waals surface area contributed by atoms with E-state index in [1.165, 1.54) is 32.1 Å². The van der Waals surface area contributed by atoms with Gasteiger partial charge in [-0.3, -0.25) is 4.40 Å². The minimum atomic E-state index is 0.266. The molecule has 4 nitrogen and oxygen atoms in total. The molecule has 0 amide bonds. The molecule has 1 aromatic carbocycles. The number of phenols is 1. The first-order valence-corrected chi connectivity index (χ1v) is 8.35. The standard InChI is InChI=1S/C19H21N3O/c23-16-11-5-4-10-15(16)18-19(20-14-8-2-1-3-9-14)22-13-7-6-12-17(22)21-18/h4-7,10-14,20,23H,1-3,8-9H2. The number of imidazole rings is 1. The summed E-state index contributed by atoms with van der Waals surface area (Å²) in [5.41, 5.74) is 2.48. The van der Waals surface area contributed by atoms with Gasteiger partial charge < -0.3 is 10.4 Å². The Morgan fingerprint density at radius 1 is 1.00 bits per heavy atom. The maximum absolute atomic E-state index is 10.2. The monoisotopic (exact) mass is 307 g/mol.